The van der Waals surface area contributed by atoms with E-state index in [1.165, 1.54) is 29.7 Å². The molecule has 0 saturated carbocycles. The third-order valence-electron chi connectivity index (χ3n) is 5.87. The smallest absolute Gasteiger partial charge is 0.220 e. The first kappa shape index (κ1) is 22.1. The average molecular weight is 432 g/mol. The van der Waals surface area contributed by atoms with Crippen LogP contribution in [-0.4, -0.2) is 32.9 Å². The minimum Gasteiger partial charge on any atom is -0.461 e. The molecule has 0 saturated heterocycles. The Morgan fingerprint density at radius 2 is 1.94 bits per heavy atom. The van der Waals surface area contributed by atoms with Gasteiger partial charge in [-0.3, -0.25) is 0 Å². The van der Waals surface area contributed by atoms with Gasteiger partial charge in [-0.2, -0.15) is 9.61 Å². The molecular formula is C26H33N5O. The summed E-state index contributed by atoms with van der Waals surface area (Å²) in [5, 5.41) is 14.8. The number of nitrogens with zero attached hydrogens (tertiary/aromatic N) is 5. The summed E-state index contributed by atoms with van der Waals surface area (Å²) in [6.45, 7) is 15.3. The Balaban J connectivity index is 1.83. The standard InChI is InChI=1S/C26H33N5O/c1-7-9-14-30(8-2)20-13-12-19(18(3)16-20)17-21-23(26(4,5)6)29-31-24(21)27-28-25(31)22-11-10-15-32-22/h10-13,15-17H,7-9,14H2,1-6H3/b21-17-. The van der Waals surface area contributed by atoms with Gasteiger partial charge in [-0.25, -0.2) is 0 Å². The zero-order valence-electron chi connectivity index (χ0n) is 20.0. The predicted octanol–water partition coefficient (Wildman–Crippen LogP) is 5.16. The molecule has 0 bridgehead atoms. The second-order valence-corrected chi connectivity index (χ2v) is 9.37. The van der Waals surface area contributed by atoms with Crippen LogP contribution in [0.25, 0.3) is 23.3 Å². The van der Waals surface area contributed by atoms with Crippen LogP contribution in [0.3, 0.4) is 0 Å². The maximum absolute atomic E-state index is 5.55. The largest absolute Gasteiger partial charge is 0.461 e. The maximum atomic E-state index is 5.55. The molecule has 168 valence electrons. The van der Waals surface area contributed by atoms with E-state index in [0.717, 1.165) is 29.6 Å². The summed E-state index contributed by atoms with van der Waals surface area (Å²) in [5.74, 6) is 1.28. The zero-order valence-corrected chi connectivity index (χ0v) is 20.0. The highest BCUT2D eigenvalue weighted by molar-refractivity contribution is 5.65. The predicted molar refractivity (Wildman–Crippen MR) is 130 cm³/mol. The van der Waals surface area contributed by atoms with Crippen molar-refractivity contribution >= 4 is 17.4 Å². The number of anilines is 1. The van der Waals surface area contributed by atoms with E-state index in [4.69, 9.17) is 9.52 Å². The van der Waals surface area contributed by atoms with Gasteiger partial charge in [0.25, 0.3) is 0 Å². The normalized spacial score (nSPS) is 12.8. The number of fused-ring (bicyclic) bond motifs is 1. The second kappa shape index (κ2) is 8.77. The molecule has 0 aliphatic carbocycles. The molecule has 0 spiro atoms. The van der Waals surface area contributed by atoms with Gasteiger partial charge in [0.05, 0.1) is 12.0 Å². The lowest BCUT2D eigenvalue weighted by Gasteiger charge is -2.23. The molecule has 0 atom stereocenters. The number of aromatic nitrogens is 4. The van der Waals surface area contributed by atoms with Crippen molar-refractivity contribution in [3.05, 3.63) is 58.6 Å². The summed E-state index contributed by atoms with van der Waals surface area (Å²) in [4.78, 5) is 2.44. The Morgan fingerprint density at radius 3 is 2.56 bits per heavy atom. The number of aryl methyl sites for hydroxylation is 1. The first-order chi connectivity index (χ1) is 15.3. The fraction of sp³-hybridized carbons (Fsp3) is 0.423. The molecule has 4 aromatic rings. The SMILES string of the molecule is CCCCN(CC)c1ccc(/C=c2/c(C(C)(C)C)nn3c(-c4ccco4)nnc23)c(C)c1. The Morgan fingerprint density at radius 1 is 1.12 bits per heavy atom. The van der Waals surface area contributed by atoms with Gasteiger partial charge in [-0.1, -0.05) is 40.2 Å². The Labute approximate surface area is 189 Å². The molecule has 4 rings (SSSR count). The molecule has 0 aliphatic heterocycles. The molecule has 0 amide bonds. The Kier molecular flexibility index (Phi) is 6.04. The molecular weight excluding hydrogens is 398 g/mol. The van der Waals surface area contributed by atoms with Crippen LogP contribution in [0.4, 0.5) is 5.69 Å². The van der Waals surface area contributed by atoms with Gasteiger partial charge in [0, 0.05) is 29.4 Å². The lowest BCUT2D eigenvalue weighted by atomic mass is 9.90. The van der Waals surface area contributed by atoms with Crippen LogP contribution in [-0.2, 0) is 5.41 Å². The minimum atomic E-state index is -0.139. The quantitative estimate of drug-likeness (QED) is 0.404. The van der Waals surface area contributed by atoms with Crippen LogP contribution in [0.1, 0.15) is 64.3 Å². The van der Waals surface area contributed by atoms with Gasteiger partial charge >= 0.3 is 0 Å². The first-order valence-electron chi connectivity index (χ1n) is 11.5. The molecule has 0 N–H and O–H groups in total. The van der Waals surface area contributed by atoms with Crippen molar-refractivity contribution in [2.24, 2.45) is 0 Å². The van der Waals surface area contributed by atoms with E-state index >= 15 is 0 Å². The zero-order chi connectivity index (χ0) is 22.9. The monoisotopic (exact) mass is 431 g/mol. The summed E-state index contributed by atoms with van der Waals surface area (Å²) < 4.78 is 7.36. The number of hydrogen-bond acceptors (Lipinski definition) is 5. The van der Waals surface area contributed by atoms with Crippen LogP contribution in [0.2, 0.25) is 0 Å². The summed E-state index contributed by atoms with van der Waals surface area (Å²) >= 11 is 0. The van der Waals surface area contributed by atoms with Crippen LogP contribution in [0.5, 0.6) is 0 Å². The summed E-state index contributed by atoms with van der Waals surface area (Å²) in [6.07, 6.45) is 6.25. The minimum absolute atomic E-state index is 0.139. The van der Waals surface area contributed by atoms with Crippen molar-refractivity contribution in [3.63, 3.8) is 0 Å². The second-order valence-electron chi connectivity index (χ2n) is 9.37. The van der Waals surface area contributed by atoms with Crippen LogP contribution in [0, 0.1) is 6.92 Å². The van der Waals surface area contributed by atoms with E-state index in [9.17, 15) is 0 Å². The Hall–Kier alpha value is -3.15. The highest BCUT2D eigenvalue weighted by Gasteiger charge is 2.24. The van der Waals surface area contributed by atoms with Crippen molar-refractivity contribution in [1.82, 2.24) is 19.8 Å². The third-order valence-corrected chi connectivity index (χ3v) is 5.87. The molecule has 6 nitrogen and oxygen atoms in total. The fourth-order valence-electron chi connectivity index (χ4n) is 4.04. The van der Waals surface area contributed by atoms with E-state index in [-0.39, 0.29) is 5.41 Å². The van der Waals surface area contributed by atoms with Crippen molar-refractivity contribution in [1.29, 1.82) is 0 Å². The van der Waals surface area contributed by atoms with Gasteiger partial charge in [0.1, 0.15) is 0 Å². The van der Waals surface area contributed by atoms with Crippen molar-refractivity contribution in [2.75, 3.05) is 18.0 Å². The summed E-state index contributed by atoms with van der Waals surface area (Å²) in [5.41, 5.74) is 5.30. The van der Waals surface area contributed by atoms with Gasteiger partial charge in [0.2, 0.25) is 5.82 Å². The lowest BCUT2D eigenvalue weighted by molar-refractivity contribution is 0.554. The number of benzene rings is 1. The van der Waals surface area contributed by atoms with E-state index in [1.807, 2.05) is 12.1 Å². The fourth-order valence-corrected chi connectivity index (χ4v) is 4.04. The third kappa shape index (κ3) is 4.14. The summed E-state index contributed by atoms with van der Waals surface area (Å²) in [6, 6.07) is 10.4. The molecule has 3 aromatic heterocycles. The highest BCUT2D eigenvalue weighted by Crippen LogP contribution is 2.24. The molecule has 1 aromatic carbocycles. The van der Waals surface area contributed by atoms with Crippen LogP contribution in [0.15, 0.2) is 41.0 Å². The van der Waals surface area contributed by atoms with Crippen molar-refractivity contribution in [2.45, 2.75) is 59.8 Å². The molecule has 0 radical (unpaired) electrons. The van der Waals surface area contributed by atoms with Gasteiger partial charge < -0.3 is 9.32 Å². The van der Waals surface area contributed by atoms with Crippen molar-refractivity contribution < 1.29 is 4.42 Å². The van der Waals surface area contributed by atoms with Gasteiger partial charge in [-0.05, 0) is 61.7 Å². The molecule has 6 heteroatoms. The van der Waals surface area contributed by atoms with Crippen LogP contribution >= 0.6 is 0 Å². The van der Waals surface area contributed by atoms with E-state index in [1.54, 1.807) is 10.8 Å². The van der Waals surface area contributed by atoms with Gasteiger partial charge in [0.15, 0.2) is 11.4 Å². The summed E-state index contributed by atoms with van der Waals surface area (Å²) in [7, 11) is 0. The molecule has 3 heterocycles. The number of unbranched alkanes of at least 4 members (excludes halogenated alkanes) is 1. The number of furan rings is 1. The molecule has 32 heavy (non-hydrogen) atoms. The average Bonchev–Trinajstić information content (AvgIpc) is 3.47. The molecule has 0 aliphatic rings. The van der Waals surface area contributed by atoms with Gasteiger partial charge in [-0.15, -0.1) is 10.2 Å². The highest BCUT2D eigenvalue weighted by atomic mass is 16.3. The van der Waals surface area contributed by atoms with E-state index < -0.39 is 0 Å². The van der Waals surface area contributed by atoms with Crippen LogP contribution < -0.4 is 10.1 Å². The molecule has 0 fully saturated rings. The number of rotatable bonds is 7. The number of hydrogen-bond donors (Lipinski definition) is 0. The van der Waals surface area contributed by atoms with E-state index in [0.29, 0.717) is 11.6 Å². The topological polar surface area (TPSA) is 59.5 Å². The first-order valence-corrected chi connectivity index (χ1v) is 11.5. The lowest BCUT2D eigenvalue weighted by Crippen LogP contribution is -2.24. The Bertz CT molecular complexity index is 1250. The maximum Gasteiger partial charge on any atom is 0.220 e. The van der Waals surface area contributed by atoms with Crippen molar-refractivity contribution in [3.8, 4) is 11.6 Å². The molecule has 0 unspecified atom stereocenters. The van der Waals surface area contributed by atoms with E-state index in [2.05, 4.69) is 80.9 Å².